The van der Waals surface area contributed by atoms with Crippen molar-refractivity contribution < 1.29 is 14.7 Å². The second-order valence-corrected chi connectivity index (χ2v) is 3.93. The highest BCUT2D eigenvalue weighted by Crippen LogP contribution is 2.17. The van der Waals surface area contributed by atoms with Crippen molar-refractivity contribution in [2.75, 3.05) is 7.05 Å². The van der Waals surface area contributed by atoms with Crippen LogP contribution in [0.25, 0.3) is 0 Å². The molecule has 2 N–H and O–H groups in total. The molecule has 0 aliphatic heterocycles. The van der Waals surface area contributed by atoms with Crippen LogP contribution in [0.1, 0.15) is 16.6 Å². The van der Waals surface area contributed by atoms with Crippen LogP contribution in [0, 0.1) is 0 Å². The lowest BCUT2D eigenvalue weighted by molar-refractivity contribution is -0.141. The topological polar surface area (TPSA) is 66.4 Å². The molecule has 1 heterocycles. The summed E-state index contributed by atoms with van der Waals surface area (Å²) in [5.41, 5.74) is -1.54. The zero-order valence-corrected chi connectivity index (χ0v) is 8.72. The number of likely N-dealkylation sites (N-methyl/N-ethyl adjacent to an activating group) is 1. The molecule has 0 fully saturated rings. The number of nitrogens with one attached hydrogen (secondary N) is 1. The van der Waals surface area contributed by atoms with Crippen LogP contribution in [0.4, 0.5) is 0 Å². The molecule has 1 atom stereocenters. The Kier molecular flexibility index (Phi) is 3.03. The summed E-state index contributed by atoms with van der Waals surface area (Å²) in [5.74, 6) is -1.58. The van der Waals surface area contributed by atoms with E-state index in [0.29, 0.717) is 4.88 Å². The van der Waals surface area contributed by atoms with Crippen LogP contribution in [-0.4, -0.2) is 29.4 Å². The molecule has 0 spiro atoms. The van der Waals surface area contributed by atoms with Crippen LogP contribution in [-0.2, 0) is 4.79 Å². The van der Waals surface area contributed by atoms with E-state index in [1.807, 2.05) is 0 Å². The third-order valence-electron chi connectivity index (χ3n) is 2.13. The lowest BCUT2D eigenvalue weighted by Crippen LogP contribution is -2.54. The van der Waals surface area contributed by atoms with Crippen molar-refractivity contribution in [3.63, 3.8) is 0 Å². The normalized spacial score (nSPS) is 14.7. The monoisotopic (exact) mass is 213 g/mol. The minimum absolute atomic E-state index is 0.414. The molecular formula is C9H11NO3S. The first kappa shape index (κ1) is 10.9. The van der Waals surface area contributed by atoms with E-state index in [2.05, 4.69) is 5.32 Å². The minimum Gasteiger partial charge on any atom is -0.480 e. The summed E-state index contributed by atoms with van der Waals surface area (Å²) in [6, 6.07) is 3.33. The average molecular weight is 213 g/mol. The quantitative estimate of drug-likeness (QED) is 0.578. The summed E-state index contributed by atoms with van der Waals surface area (Å²) in [5, 5.41) is 13.2. The molecule has 1 unspecified atom stereocenters. The number of hydrogen-bond acceptors (Lipinski definition) is 4. The number of carboxylic acids is 1. The number of thiophene rings is 1. The average Bonchev–Trinajstić information content (AvgIpc) is 2.67. The Labute approximate surface area is 85.6 Å². The second-order valence-electron chi connectivity index (χ2n) is 2.99. The molecule has 0 saturated heterocycles. The Balaban J connectivity index is 3.03. The summed E-state index contributed by atoms with van der Waals surface area (Å²) in [6.07, 6.45) is 0. The molecule has 0 amide bonds. The lowest BCUT2D eigenvalue weighted by Gasteiger charge is -2.21. The molecule has 5 heteroatoms. The third-order valence-corrected chi connectivity index (χ3v) is 3.00. The first-order chi connectivity index (χ1) is 6.52. The fourth-order valence-corrected chi connectivity index (χ4v) is 1.74. The summed E-state index contributed by atoms with van der Waals surface area (Å²) in [4.78, 5) is 23.1. The third kappa shape index (κ3) is 1.69. The van der Waals surface area contributed by atoms with E-state index in [1.54, 1.807) is 17.5 Å². The molecule has 14 heavy (non-hydrogen) atoms. The van der Waals surface area contributed by atoms with Gasteiger partial charge >= 0.3 is 5.97 Å². The van der Waals surface area contributed by atoms with Crippen LogP contribution in [0.3, 0.4) is 0 Å². The van der Waals surface area contributed by atoms with Crippen molar-refractivity contribution in [1.29, 1.82) is 0 Å². The molecule has 1 aromatic rings. The zero-order chi connectivity index (χ0) is 10.8. The number of carbonyl (C=O) groups excluding carboxylic acids is 1. The van der Waals surface area contributed by atoms with Crippen molar-refractivity contribution in [2.45, 2.75) is 12.5 Å². The van der Waals surface area contributed by atoms with Crippen LogP contribution in [0.2, 0.25) is 0 Å². The van der Waals surface area contributed by atoms with Gasteiger partial charge in [-0.25, -0.2) is 4.79 Å². The van der Waals surface area contributed by atoms with Gasteiger partial charge in [0.1, 0.15) is 0 Å². The van der Waals surface area contributed by atoms with Crippen LogP contribution >= 0.6 is 11.3 Å². The van der Waals surface area contributed by atoms with E-state index in [9.17, 15) is 9.59 Å². The van der Waals surface area contributed by atoms with Gasteiger partial charge in [0.05, 0.1) is 4.88 Å². The van der Waals surface area contributed by atoms with E-state index in [4.69, 9.17) is 5.11 Å². The van der Waals surface area contributed by atoms with E-state index in [1.165, 1.54) is 25.3 Å². The van der Waals surface area contributed by atoms with Crippen molar-refractivity contribution in [3.05, 3.63) is 22.4 Å². The molecule has 4 nitrogen and oxygen atoms in total. The summed E-state index contributed by atoms with van der Waals surface area (Å²) >= 11 is 1.24. The van der Waals surface area contributed by atoms with Gasteiger partial charge < -0.3 is 5.11 Å². The van der Waals surface area contributed by atoms with E-state index >= 15 is 0 Å². The number of hydrogen-bond donors (Lipinski definition) is 2. The molecule has 0 bridgehead atoms. The Morgan fingerprint density at radius 3 is 2.57 bits per heavy atom. The Bertz CT molecular complexity index is 347. The fraction of sp³-hybridized carbons (Fsp3) is 0.333. The number of aliphatic carboxylic acids is 1. The highest BCUT2D eigenvalue weighted by atomic mass is 32.1. The zero-order valence-electron chi connectivity index (χ0n) is 7.90. The van der Waals surface area contributed by atoms with Gasteiger partial charge in [0, 0.05) is 0 Å². The number of Topliss-reactive ketones (excluding diaryl/α,β-unsaturated/α-hetero) is 1. The van der Waals surface area contributed by atoms with Gasteiger partial charge in [-0.3, -0.25) is 10.1 Å². The molecule has 1 rings (SSSR count). The second kappa shape index (κ2) is 3.89. The van der Waals surface area contributed by atoms with Crippen molar-refractivity contribution >= 4 is 23.1 Å². The summed E-state index contributed by atoms with van der Waals surface area (Å²) < 4.78 is 0. The maximum absolute atomic E-state index is 11.8. The Morgan fingerprint density at radius 1 is 1.57 bits per heavy atom. The highest BCUT2D eigenvalue weighted by molar-refractivity contribution is 7.12. The lowest BCUT2D eigenvalue weighted by atomic mass is 9.96. The predicted octanol–water partition coefficient (Wildman–Crippen LogP) is 0.993. The predicted molar refractivity (Wildman–Crippen MR) is 53.8 cm³/mol. The van der Waals surface area contributed by atoms with Gasteiger partial charge in [-0.1, -0.05) is 6.07 Å². The molecule has 1 aromatic heterocycles. The Hall–Kier alpha value is -1.20. The number of ketones is 1. The standard InChI is InChI=1S/C9H11NO3S/c1-9(10-2,8(12)13)7(11)6-4-3-5-14-6/h3-5,10H,1-2H3,(H,12,13). The SMILES string of the molecule is CNC(C)(C(=O)O)C(=O)c1cccs1. The van der Waals surface area contributed by atoms with Crippen LogP contribution < -0.4 is 5.32 Å². The molecule has 0 aliphatic rings. The summed E-state index contributed by atoms with van der Waals surface area (Å²) in [6.45, 7) is 1.36. The molecule has 0 radical (unpaired) electrons. The molecule has 76 valence electrons. The first-order valence-electron chi connectivity index (χ1n) is 4.03. The van der Waals surface area contributed by atoms with Crippen LogP contribution in [0.15, 0.2) is 17.5 Å². The molecule has 0 saturated carbocycles. The fourth-order valence-electron chi connectivity index (χ4n) is 0.972. The molecular weight excluding hydrogens is 202 g/mol. The molecule has 0 aliphatic carbocycles. The summed E-state index contributed by atoms with van der Waals surface area (Å²) in [7, 11) is 1.46. The van der Waals surface area contributed by atoms with Gasteiger partial charge in [0.15, 0.2) is 5.54 Å². The van der Waals surface area contributed by atoms with Gasteiger partial charge in [-0.15, -0.1) is 11.3 Å². The maximum Gasteiger partial charge on any atom is 0.331 e. The van der Waals surface area contributed by atoms with Gasteiger partial charge in [0.2, 0.25) is 5.78 Å². The minimum atomic E-state index is -1.54. The van der Waals surface area contributed by atoms with E-state index < -0.39 is 17.3 Å². The van der Waals surface area contributed by atoms with Gasteiger partial charge in [0.25, 0.3) is 0 Å². The Morgan fingerprint density at radius 2 is 2.21 bits per heavy atom. The number of carboxylic acid groups (broad SMARTS) is 1. The highest BCUT2D eigenvalue weighted by Gasteiger charge is 2.40. The van der Waals surface area contributed by atoms with Gasteiger partial charge in [-0.2, -0.15) is 0 Å². The first-order valence-corrected chi connectivity index (χ1v) is 4.91. The maximum atomic E-state index is 11.8. The van der Waals surface area contributed by atoms with Crippen LogP contribution in [0.5, 0.6) is 0 Å². The largest absolute Gasteiger partial charge is 0.480 e. The molecule has 0 aromatic carbocycles. The number of rotatable bonds is 4. The van der Waals surface area contributed by atoms with Crippen molar-refractivity contribution in [2.24, 2.45) is 0 Å². The number of carbonyl (C=O) groups is 2. The van der Waals surface area contributed by atoms with Gasteiger partial charge in [-0.05, 0) is 25.4 Å². The van der Waals surface area contributed by atoms with E-state index in [0.717, 1.165) is 0 Å². The smallest absolute Gasteiger partial charge is 0.331 e. The van der Waals surface area contributed by atoms with Crippen molar-refractivity contribution in [1.82, 2.24) is 5.32 Å². The van der Waals surface area contributed by atoms with E-state index in [-0.39, 0.29) is 0 Å². The van der Waals surface area contributed by atoms with Crippen molar-refractivity contribution in [3.8, 4) is 0 Å².